The van der Waals surface area contributed by atoms with Crippen molar-refractivity contribution in [1.82, 2.24) is 0 Å². The van der Waals surface area contributed by atoms with Crippen LogP contribution in [0.4, 0.5) is 0 Å². The van der Waals surface area contributed by atoms with Crippen molar-refractivity contribution in [2.45, 2.75) is 19.3 Å². The molecule has 0 radical (unpaired) electrons. The highest BCUT2D eigenvalue weighted by atomic mass is 16.5. The second-order valence-corrected chi connectivity index (χ2v) is 4.14. The molecule has 1 aliphatic heterocycles. The molecule has 0 aliphatic carbocycles. The van der Waals surface area contributed by atoms with Gasteiger partial charge in [-0.3, -0.25) is 0 Å². The Kier molecular flexibility index (Phi) is 6.06. The molecule has 0 amide bonds. The summed E-state index contributed by atoms with van der Waals surface area (Å²) in [5, 5.41) is 0. The summed E-state index contributed by atoms with van der Waals surface area (Å²) in [6.45, 7) is 4.23. The number of terminal acetylenes is 1. The van der Waals surface area contributed by atoms with Crippen LogP contribution in [0.15, 0.2) is 48.5 Å². The van der Waals surface area contributed by atoms with Gasteiger partial charge >= 0.3 is 0 Å². The zero-order chi connectivity index (χ0) is 15.0. The van der Waals surface area contributed by atoms with E-state index >= 15 is 0 Å². The Morgan fingerprint density at radius 2 is 1.35 bits per heavy atom. The molecule has 2 nitrogen and oxygen atoms in total. The number of rotatable bonds is 1. The van der Waals surface area contributed by atoms with Gasteiger partial charge in [0.05, 0.1) is 0 Å². The van der Waals surface area contributed by atoms with E-state index in [0.717, 1.165) is 17.9 Å². The number of para-hydroxylation sites is 2. The normalized spacial score (nSPS) is 11.3. The van der Waals surface area contributed by atoms with Gasteiger partial charge in [-0.25, -0.2) is 0 Å². The van der Waals surface area contributed by atoms with Crippen LogP contribution in [-0.2, 0) is 4.79 Å². The van der Waals surface area contributed by atoms with Gasteiger partial charge in [0.1, 0.15) is 18.3 Å². The summed E-state index contributed by atoms with van der Waals surface area (Å²) < 4.78 is 5.91. The summed E-state index contributed by atoms with van der Waals surface area (Å²) in [5.41, 5.74) is 2.62. The number of hydrogen-bond acceptors (Lipinski definition) is 2. The lowest BCUT2D eigenvalue weighted by atomic mass is 9.86. The minimum absolute atomic E-state index is 0.473. The van der Waals surface area contributed by atoms with Crippen molar-refractivity contribution in [3.05, 3.63) is 59.7 Å². The van der Waals surface area contributed by atoms with E-state index in [1.807, 2.05) is 31.1 Å². The largest absolute Gasteiger partial charge is 0.457 e. The predicted octanol–water partition coefficient (Wildman–Crippen LogP) is 4.40. The summed E-state index contributed by atoms with van der Waals surface area (Å²) in [6.07, 6.45) is 9.11. The zero-order valence-electron chi connectivity index (χ0n) is 11.6. The molecule has 0 bridgehead atoms. The second-order valence-electron chi connectivity index (χ2n) is 4.14. The third-order valence-electron chi connectivity index (χ3n) is 3.22. The molecule has 0 unspecified atom stereocenters. The SMILES string of the molecule is C#C.C=O.CCC1c2ccccc2Oc2ccccc21. The average Bonchev–Trinajstić information content (AvgIpc) is 2.56. The third-order valence-corrected chi connectivity index (χ3v) is 3.22. The van der Waals surface area contributed by atoms with Crippen LogP contribution in [0.1, 0.15) is 30.4 Å². The molecule has 20 heavy (non-hydrogen) atoms. The van der Waals surface area contributed by atoms with Crippen LogP contribution in [-0.4, -0.2) is 6.79 Å². The number of hydrogen-bond donors (Lipinski definition) is 0. The van der Waals surface area contributed by atoms with Gasteiger partial charge in [-0.1, -0.05) is 43.3 Å². The van der Waals surface area contributed by atoms with Crippen LogP contribution in [0.5, 0.6) is 11.5 Å². The van der Waals surface area contributed by atoms with Crippen LogP contribution in [0, 0.1) is 12.8 Å². The molecule has 0 aromatic heterocycles. The topological polar surface area (TPSA) is 26.3 Å². The summed E-state index contributed by atoms with van der Waals surface area (Å²) in [7, 11) is 0. The Bertz CT molecular complexity index is 527. The molecule has 3 rings (SSSR count). The number of ether oxygens (including phenoxy) is 1. The second kappa shape index (κ2) is 7.81. The molecule has 1 heterocycles. The monoisotopic (exact) mass is 266 g/mol. The van der Waals surface area contributed by atoms with Crippen molar-refractivity contribution in [3.63, 3.8) is 0 Å². The first kappa shape index (κ1) is 15.5. The molecule has 2 aromatic rings. The number of carbonyl (C=O) groups is 1. The van der Waals surface area contributed by atoms with E-state index in [2.05, 4.69) is 44.0 Å². The lowest BCUT2D eigenvalue weighted by Crippen LogP contribution is -2.08. The maximum atomic E-state index is 8.00. The summed E-state index contributed by atoms with van der Waals surface area (Å²) in [4.78, 5) is 8.00. The zero-order valence-corrected chi connectivity index (χ0v) is 11.6. The first-order valence-corrected chi connectivity index (χ1v) is 6.38. The van der Waals surface area contributed by atoms with Gasteiger partial charge in [-0.15, -0.1) is 12.8 Å². The molecular weight excluding hydrogens is 248 g/mol. The van der Waals surface area contributed by atoms with E-state index in [-0.39, 0.29) is 0 Å². The predicted molar refractivity (Wildman–Crippen MR) is 82.1 cm³/mol. The van der Waals surface area contributed by atoms with Gasteiger partial charge in [-0.05, 0) is 18.6 Å². The lowest BCUT2D eigenvalue weighted by Gasteiger charge is -2.27. The Balaban J connectivity index is 0.000000461. The van der Waals surface area contributed by atoms with E-state index in [1.165, 1.54) is 11.1 Å². The van der Waals surface area contributed by atoms with Crippen molar-refractivity contribution in [1.29, 1.82) is 0 Å². The fourth-order valence-electron chi connectivity index (χ4n) is 2.45. The molecule has 0 fully saturated rings. The maximum Gasteiger partial charge on any atom is 0.131 e. The van der Waals surface area contributed by atoms with Crippen LogP contribution in [0.25, 0.3) is 0 Å². The van der Waals surface area contributed by atoms with Crippen molar-refractivity contribution in [2.24, 2.45) is 0 Å². The van der Waals surface area contributed by atoms with Crippen LogP contribution >= 0.6 is 0 Å². The van der Waals surface area contributed by atoms with Crippen molar-refractivity contribution >= 4 is 6.79 Å². The van der Waals surface area contributed by atoms with Crippen LogP contribution in [0.2, 0.25) is 0 Å². The van der Waals surface area contributed by atoms with E-state index in [0.29, 0.717) is 5.92 Å². The molecule has 0 spiro atoms. The highest BCUT2D eigenvalue weighted by molar-refractivity contribution is 5.53. The van der Waals surface area contributed by atoms with Gasteiger partial charge < -0.3 is 9.53 Å². The first-order valence-electron chi connectivity index (χ1n) is 6.38. The minimum Gasteiger partial charge on any atom is -0.457 e. The van der Waals surface area contributed by atoms with Gasteiger partial charge in [-0.2, -0.15) is 0 Å². The fourth-order valence-corrected chi connectivity index (χ4v) is 2.45. The molecular formula is C18H18O2. The van der Waals surface area contributed by atoms with Gasteiger partial charge in [0.2, 0.25) is 0 Å². The first-order chi connectivity index (χ1) is 9.90. The highest BCUT2D eigenvalue weighted by Crippen LogP contribution is 2.44. The van der Waals surface area contributed by atoms with Crippen molar-refractivity contribution in [3.8, 4) is 24.3 Å². The molecule has 0 atom stereocenters. The minimum atomic E-state index is 0.473. The van der Waals surface area contributed by atoms with E-state index in [9.17, 15) is 0 Å². The van der Waals surface area contributed by atoms with E-state index in [4.69, 9.17) is 9.53 Å². The molecule has 102 valence electrons. The number of benzene rings is 2. The van der Waals surface area contributed by atoms with Gasteiger partial charge in [0.15, 0.2) is 0 Å². The Hall–Kier alpha value is -2.53. The van der Waals surface area contributed by atoms with Gasteiger partial charge in [0.25, 0.3) is 0 Å². The number of fused-ring (bicyclic) bond motifs is 2. The maximum absolute atomic E-state index is 8.00. The third kappa shape index (κ3) is 2.89. The molecule has 2 aromatic carbocycles. The molecule has 1 aliphatic rings. The number of carbonyl (C=O) groups excluding carboxylic acids is 1. The lowest BCUT2D eigenvalue weighted by molar-refractivity contribution is -0.0979. The fraction of sp³-hybridized carbons (Fsp3) is 0.167. The van der Waals surface area contributed by atoms with E-state index in [1.54, 1.807) is 0 Å². The summed E-state index contributed by atoms with van der Waals surface area (Å²) in [5.74, 6) is 2.49. The Labute approximate surface area is 120 Å². The van der Waals surface area contributed by atoms with Gasteiger partial charge in [0, 0.05) is 17.0 Å². The average molecular weight is 266 g/mol. The highest BCUT2D eigenvalue weighted by Gasteiger charge is 2.24. The molecule has 0 N–H and O–H groups in total. The molecule has 2 heteroatoms. The smallest absolute Gasteiger partial charge is 0.131 e. The van der Waals surface area contributed by atoms with Crippen LogP contribution in [0.3, 0.4) is 0 Å². The van der Waals surface area contributed by atoms with Crippen LogP contribution < -0.4 is 4.74 Å². The van der Waals surface area contributed by atoms with Crippen molar-refractivity contribution < 1.29 is 9.53 Å². The molecule has 0 saturated heterocycles. The quantitative estimate of drug-likeness (QED) is 0.715. The summed E-state index contributed by atoms with van der Waals surface area (Å²) in [6, 6.07) is 16.7. The van der Waals surface area contributed by atoms with Crippen molar-refractivity contribution in [2.75, 3.05) is 0 Å². The Morgan fingerprint density at radius 3 is 1.75 bits per heavy atom. The summed E-state index contributed by atoms with van der Waals surface area (Å²) >= 11 is 0. The molecule has 0 saturated carbocycles. The standard InChI is InChI=1S/C15H14O.C2H2.CH2O/c1-2-11-12-7-3-5-9-14(12)16-15-10-6-4-8-13(11)15;2*1-2/h3-11H,2H2,1H3;1-2H;1H2. The van der Waals surface area contributed by atoms with E-state index < -0.39 is 0 Å². The Morgan fingerprint density at radius 1 is 0.950 bits per heavy atom.